The van der Waals surface area contributed by atoms with E-state index in [2.05, 4.69) is 5.32 Å². The lowest BCUT2D eigenvalue weighted by Crippen LogP contribution is -2.30. The lowest BCUT2D eigenvalue weighted by atomic mass is 10.1. The quantitative estimate of drug-likeness (QED) is 0.889. The molecule has 2 amide bonds. The molecule has 136 valence electrons. The van der Waals surface area contributed by atoms with Crippen LogP contribution in [0.2, 0.25) is 0 Å². The summed E-state index contributed by atoms with van der Waals surface area (Å²) in [5, 5.41) is 2.85. The number of ether oxygens (including phenoxy) is 1. The van der Waals surface area contributed by atoms with Gasteiger partial charge in [0.15, 0.2) is 6.10 Å². The number of hydrogen-bond acceptors (Lipinski definition) is 3. The van der Waals surface area contributed by atoms with E-state index >= 15 is 0 Å². The SMILES string of the molecule is Cc1ccc(OC(C)C(=O)Nc2ccc(N3CCCC3=O)cc2)cc1C. The molecule has 2 aromatic rings. The molecule has 0 aliphatic carbocycles. The van der Waals surface area contributed by atoms with E-state index in [4.69, 9.17) is 4.74 Å². The van der Waals surface area contributed by atoms with Gasteiger partial charge in [0.25, 0.3) is 5.91 Å². The fourth-order valence-electron chi connectivity index (χ4n) is 2.93. The molecule has 5 nitrogen and oxygen atoms in total. The minimum atomic E-state index is -0.614. The second-order valence-corrected chi connectivity index (χ2v) is 6.69. The van der Waals surface area contributed by atoms with Crippen molar-refractivity contribution in [2.45, 2.75) is 39.7 Å². The van der Waals surface area contributed by atoms with Crippen molar-refractivity contribution < 1.29 is 14.3 Å². The van der Waals surface area contributed by atoms with Crippen molar-refractivity contribution in [1.29, 1.82) is 0 Å². The molecule has 1 N–H and O–H groups in total. The van der Waals surface area contributed by atoms with E-state index in [-0.39, 0.29) is 11.8 Å². The molecule has 0 saturated carbocycles. The Kier molecular flexibility index (Phi) is 5.26. The van der Waals surface area contributed by atoms with Crippen LogP contribution in [-0.4, -0.2) is 24.5 Å². The Morgan fingerprint density at radius 2 is 1.85 bits per heavy atom. The van der Waals surface area contributed by atoms with Gasteiger partial charge >= 0.3 is 0 Å². The summed E-state index contributed by atoms with van der Waals surface area (Å²) in [5.74, 6) is 0.615. The van der Waals surface area contributed by atoms with Gasteiger partial charge in [-0.2, -0.15) is 0 Å². The van der Waals surface area contributed by atoms with Gasteiger partial charge in [0, 0.05) is 24.3 Å². The second-order valence-electron chi connectivity index (χ2n) is 6.69. The van der Waals surface area contributed by atoms with Crippen LogP contribution >= 0.6 is 0 Å². The molecule has 1 fully saturated rings. The Balaban J connectivity index is 1.60. The molecule has 3 rings (SSSR count). The Hall–Kier alpha value is -2.82. The van der Waals surface area contributed by atoms with Gasteiger partial charge < -0.3 is 15.0 Å². The highest BCUT2D eigenvalue weighted by Gasteiger charge is 2.21. The average molecular weight is 352 g/mol. The fourth-order valence-corrected chi connectivity index (χ4v) is 2.93. The maximum atomic E-state index is 12.4. The van der Waals surface area contributed by atoms with Crippen LogP contribution < -0.4 is 15.0 Å². The van der Waals surface area contributed by atoms with Gasteiger partial charge in [0.05, 0.1) is 0 Å². The van der Waals surface area contributed by atoms with Crippen LogP contribution in [0.15, 0.2) is 42.5 Å². The summed E-state index contributed by atoms with van der Waals surface area (Å²) < 4.78 is 5.74. The van der Waals surface area contributed by atoms with E-state index in [1.807, 2.05) is 56.3 Å². The monoisotopic (exact) mass is 352 g/mol. The first-order valence-electron chi connectivity index (χ1n) is 8.89. The number of nitrogens with one attached hydrogen (secondary N) is 1. The first kappa shape index (κ1) is 18.0. The van der Waals surface area contributed by atoms with Crippen LogP contribution in [0.25, 0.3) is 0 Å². The van der Waals surface area contributed by atoms with E-state index in [9.17, 15) is 9.59 Å². The molecule has 2 aromatic carbocycles. The normalized spacial score (nSPS) is 15.0. The van der Waals surface area contributed by atoms with Gasteiger partial charge in [-0.15, -0.1) is 0 Å². The molecular formula is C21H24N2O3. The Labute approximate surface area is 154 Å². The van der Waals surface area contributed by atoms with Crippen molar-refractivity contribution in [3.63, 3.8) is 0 Å². The molecule has 0 bridgehead atoms. The minimum Gasteiger partial charge on any atom is -0.481 e. The maximum Gasteiger partial charge on any atom is 0.265 e. The van der Waals surface area contributed by atoms with Crippen LogP contribution in [0.4, 0.5) is 11.4 Å². The van der Waals surface area contributed by atoms with Crippen molar-refractivity contribution in [3.05, 3.63) is 53.6 Å². The topological polar surface area (TPSA) is 58.6 Å². The highest BCUT2D eigenvalue weighted by atomic mass is 16.5. The van der Waals surface area contributed by atoms with E-state index in [1.165, 1.54) is 5.56 Å². The van der Waals surface area contributed by atoms with Crippen LogP contribution in [0.3, 0.4) is 0 Å². The molecule has 0 aromatic heterocycles. The van der Waals surface area contributed by atoms with Crippen LogP contribution in [0, 0.1) is 13.8 Å². The number of carbonyl (C=O) groups is 2. The van der Waals surface area contributed by atoms with Crippen LogP contribution in [0.1, 0.15) is 30.9 Å². The van der Waals surface area contributed by atoms with Crippen molar-refractivity contribution in [1.82, 2.24) is 0 Å². The smallest absolute Gasteiger partial charge is 0.265 e. The van der Waals surface area contributed by atoms with Gasteiger partial charge in [-0.3, -0.25) is 9.59 Å². The third kappa shape index (κ3) is 4.04. The highest BCUT2D eigenvalue weighted by Crippen LogP contribution is 2.23. The Bertz CT molecular complexity index is 815. The lowest BCUT2D eigenvalue weighted by molar-refractivity contribution is -0.122. The highest BCUT2D eigenvalue weighted by molar-refractivity contribution is 5.96. The van der Waals surface area contributed by atoms with Crippen molar-refractivity contribution in [3.8, 4) is 5.75 Å². The molecule has 26 heavy (non-hydrogen) atoms. The third-order valence-electron chi connectivity index (χ3n) is 4.68. The molecule has 1 unspecified atom stereocenters. The third-order valence-corrected chi connectivity index (χ3v) is 4.68. The number of rotatable bonds is 5. The van der Waals surface area contributed by atoms with E-state index in [0.29, 0.717) is 17.9 Å². The maximum absolute atomic E-state index is 12.4. The zero-order valence-electron chi connectivity index (χ0n) is 15.4. The van der Waals surface area contributed by atoms with Gasteiger partial charge in [-0.25, -0.2) is 0 Å². The number of benzene rings is 2. The first-order chi connectivity index (χ1) is 12.4. The van der Waals surface area contributed by atoms with Crippen molar-refractivity contribution in [2.75, 3.05) is 16.8 Å². The Morgan fingerprint density at radius 3 is 2.46 bits per heavy atom. The van der Waals surface area contributed by atoms with Gasteiger partial charge in [-0.05, 0) is 74.7 Å². The van der Waals surface area contributed by atoms with Gasteiger partial charge in [0.2, 0.25) is 5.91 Å². The van der Waals surface area contributed by atoms with Crippen LogP contribution in [-0.2, 0) is 9.59 Å². The molecule has 5 heteroatoms. The summed E-state index contributed by atoms with van der Waals surface area (Å²) >= 11 is 0. The zero-order chi connectivity index (χ0) is 18.7. The zero-order valence-corrected chi connectivity index (χ0v) is 15.4. The molecule has 1 aliphatic rings. The number of aryl methyl sites for hydroxylation is 2. The molecule has 0 spiro atoms. The molecular weight excluding hydrogens is 328 g/mol. The second kappa shape index (κ2) is 7.60. The van der Waals surface area contributed by atoms with E-state index in [1.54, 1.807) is 11.8 Å². The number of nitrogens with zero attached hydrogens (tertiary/aromatic N) is 1. The standard InChI is InChI=1S/C21H24N2O3/c1-14-6-11-19(13-15(14)2)26-16(3)21(25)22-17-7-9-18(10-8-17)23-12-4-5-20(23)24/h6-11,13,16H,4-5,12H2,1-3H3,(H,22,25). The summed E-state index contributed by atoms with van der Waals surface area (Å²) in [6, 6.07) is 13.1. The minimum absolute atomic E-state index is 0.150. The number of carbonyl (C=O) groups excluding carboxylic acids is 2. The molecule has 1 atom stereocenters. The molecule has 1 saturated heterocycles. The van der Waals surface area contributed by atoms with Crippen LogP contribution in [0.5, 0.6) is 5.75 Å². The predicted molar refractivity (Wildman–Crippen MR) is 103 cm³/mol. The molecule has 0 radical (unpaired) electrons. The summed E-state index contributed by atoms with van der Waals surface area (Å²) in [5.41, 5.74) is 3.86. The predicted octanol–water partition coefficient (Wildman–Crippen LogP) is 3.84. The summed E-state index contributed by atoms with van der Waals surface area (Å²) in [7, 11) is 0. The number of amides is 2. The summed E-state index contributed by atoms with van der Waals surface area (Å²) in [6.45, 7) is 6.53. The van der Waals surface area contributed by atoms with Crippen molar-refractivity contribution in [2.24, 2.45) is 0 Å². The number of anilines is 2. The average Bonchev–Trinajstić information content (AvgIpc) is 3.05. The van der Waals surface area contributed by atoms with E-state index < -0.39 is 6.10 Å². The van der Waals surface area contributed by atoms with Crippen molar-refractivity contribution >= 4 is 23.2 Å². The fraction of sp³-hybridized carbons (Fsp3) is 0.333. The first-order valence-corrected chi connectivity index (χ1v) is 8.89. The van der Waals surface area contributed by atoms with Gasteiger partial charge in [0.1, 0.15) is 5.75 Å². The largest absolute Gasteiger partial charge is 0.481 e. The van der Waals surface area contributed by atoms with Gasteiger partial charge in [-0.1, -0.05) is 6.07 Å². The molecule has 1 aliphatic heterocycles. The summed E-state index contributed by atoms with van der Waals surface area (Å²) in [4.78, 5) is 25.9. The Morgan fingerprint density at radius 1 is 1.12 bits per heavy atom. The lowest BCUT2D eigenvalue weighted by Gasteiger charge is -2.17. The van der Waals surface area contributed by atoms with E-state index in [0.717, 1.165) is 24.2 Å². The summed E-state index contributed by atoms with van der Waals surface area (Å²) in [6.07, 6.45) is 0.883. The number of hydrogen-bond donors (Lipinski definition) is 1. The molecule has 1 heterocycles.